The minimum absolute atomic E-state index is 0.0678. The molecule has 6 heteroatoms. The topological polar surface area (TPSA) is 46.2 Å². The van der Waals surface area contributed by atoms with E-state index in [2.05, 4.69) is 20.7 Å². The number of aryl methyl sites for hydroxylation is 2. The van der Waals surface area contributed by atoms with Crippen molar-refractivity contribution in [3.8, 4) is 0 Å². The number of halogens is 2. The van der Waals surface area contributed by atoms with Crippen LogP contribution in [-0.4, -0.2) is 8.42 Å². The van der Waals surface area contributed by atoms with E-state index in [4.69, 9.17) is 0 Å². The second-order valence-corrected chi connectivity index (χ2v) is 7.04. The lowest BCUT2D eigenvalue weighted by atomic mass is 10.2. The second-order valence-electron chi connectivity index (χ2n) is 4.47. The van der Waals surface area contributed by atoms with Crippen LogP contribution in [0.3, 0.4) is 0 Å². The molecule has 2 rings (SSSR count). The first-order chi connectivity index (χ1) is 9.29. The molecule has 106 valence electrons. The molecule has 0 atom stereocenters. The van der Waals surface area contributed by atoms with Crippen LogP contribution in [0.15, 0.2) is 45.8 Å². The van der Waals surface area contributed by atoms with E-state index in [1.165, 1.54) is 12.1 Å². The van der Waals surface area contributed by atoms with Gasteiger partial charge >= 0.3 is 0 Å². The van der Waals surface area contributed by atoms with E-state index < -0.39 is 15.8 Å². The van der Waals surface area contributed by atoms with Gasteiger partial charge in [0.2, 0.25) is 0 Å². The Hall–Kier alpha value is -1.40. The Bertz CT molecular complexity index is 760. The molecular weight excluding hydrogens is 345 g/mol. The fourth-order valence-corrected chi connectivity index (χ4v) is 3.53. The van der Waals surface area contributed by atoms with Gasteiger partial charge in [-0.1, -0.05) is 22.0 Å². The highest BCUT2D eigenvalue weighted by molar-refractivity contribution is 9.10. The largest absolute Gasteiger partial charge is 0.279 e. The van der Waals surface area contributed by atoms with E-state index in [1.807, 2.05) is 13.0 Å². The molecule has 0 amide bonds. The lowest BCUT2D eigenvalue weighted by molar-refractivity contribution is 0.598. The molecule has 2 aromatic carbocycles. The number of anilines is 1. The van der Waals surface area contributed by atoms with Gasteiger partial charge in [-0.2, -0.15) is 0 Å². The summed E-state index contributed by atoms with van der Waals surface area (Å²) in [4.78, 5) is 0.0678. The van der Waals surface area contributed by atoms with Gasteiger partial charge in [-0.15, -0.1) is 0 Å². The van der Waals surface area contributed by atoms with E-state index in [9.17, 15) is 12.8 Å². The predicted molar refractivity (Wildman–Crippen MR) is 80.8 cm³/mol. The minimum Gasteiger partial charge on any atom is -0.279 e. The van der Waals surface area contributed by atoms with E-state index >= 15 is 0 Å². The molecular formula is C14H13BrFNO2S. The fourth-order valence-electron chi connectivity index (χ4n) is 1.82. The lowest BCUT2D eigenvalue weighted by Gasteiger charge is -2.12. The summed E-state index contributed by atoms with van der Waals surface area (Å²) in [6, 6.07) is 8.92. The molecule has 3 nitrogen and oxygen atoms in total. The van der Waals surface area contributed by atoms with Gasteiger partial charge in [0.05, 0.1) is 10.6 Å². The van der Waals surface area contributed by atoms with Gasteiger partial charge in [0, 0.05) is 4.47 Å². The van der Waals surface area contributed by atoms with Crippen molar-refractivity contribution in [1.29, 1.82) is 0 Å². The van der Waals surface area contributed by atoms with Crippen molar-refractivity contribution in [3.63, 3.8) is 0 Å². The Kier molecular flexibility index (Phi) is 4.15. The summed E-state index contributed by atoms with van der Waals surface area (Å²) in [5, 5.41) is 0. The number of hydrogen-bond donors (Lipinski definition) is 1. The fraction of sp³-hybridized carbons (Fsp3) is 0.143. The molecule has 0 radical (unpaired) electrons. The monoisotopic (exact) mass is 357 g/mol. The zero-order valence-corrected chi connectivity index (χ0v) is 13.3. The van der Waals surface area contributed by atoms with Gasteiger partial charge in [0.15, 0.2) is 0 Å². The molecule has 0 bridgehead atoms. The third-order valence-electron chi connectivity index (χ3n) is 2.87. The van der Waals surface area contributed by atoms with Crippen molar-refractivity contribution >= 4 is 31.6 Å². The van der Waals surface area contributed by atoms with E-state index in [1.54, 1.807) is 19.1 Å². The Morgan fingerprint density at radius 3 is 2.40 bits per heavy atom. The van der Waals surface area contributed by atoms with Crippen LogP contribution in [0, 0.1) is 19.7 Å². The van der Waals surface area contributed by atoms with Crippen molar-refractivity contribution in [3.05, 3.63) is 57.8 Å². The van der Waals surface area contributed by atoms with Gasteiger partial charge in [-0.25, -0.2) is 12.8 Å². The van der Waals surface area contributed by atoms with Crippen LogP contribution in [0.5, 0.6) is 0 Å². The van der Waals surface area contributed by atoms with Crippen LogP contribution < -0.4 is 4.72 Å². The standard InChI is InChI=1S/C14H13BrFNO2S/c1-9-3-4-11(15)8-13(9)17-20(18,19)14-6-5-12(16)7-10(14)2/h3-8,17H,1-2H3. The summed E-state index contributed by atoms with van der Waals surface area (Å²) in [6.45, 7) is 3.37. The predicted octanol–water partition coefficient (Wildman–Crippen LogP) is 4.01. The summed E-state index contributed by atoms with van der Waals surface area (Å²) in [6.07, 6.45) is 0. The van der Waals surface area contributed by atoms with E-state index in [-0.39, 0.29) is 4.90 Å². The van der Waals surface area contributed by atoms with Crippen LogP contribution in [-0.2, 0) is 10.0 Å². The van der Waals surface area contributed by atoms with Crippen molar-refractivity contribution in [1.82, 2.24) is 0 Å². The summed E-state index contributed by atoms with van der Waals surface area (Å²) in [7, 11) is -3.74. The molecule has 2 aromatic rings. The van der Waals surface area contributed by atoms with Crippen molar-refractivity contribution in [2.24, 2.45) is 0 Å². The maximum Gasteiger partial charge on any atom is 0.262 e. The quantitative estimate of drug-likeness (QED) is 0.901. The maximum atomic E-state index is 13.1. The molecule has 0 fully saturated rings. The number of nitrogens with one attached hydrogen (secondary N) is 1. The summed E-state index contributed by atoms with van der Waals surface area (Å²) < 4.78 is 41.1. The van der Waals surface area contributed by atoms with Crippen LogP contribution in [0.1, 0.15) is 11.1 Å². The Morgan fingerprint density at radius 2 is 1.75 bits per heavy atom. The van der Waals surface area contributed by atoms with E-state index in [0.717, 1.165) is 16.1 Å². The normalized spacial score (nSPS) is 11.4. The van der Waals surface area contributed by atoms with Crippen LogP contribution >= 0.6 is 15.9 Å². The highest BCUT2D eigenvalue weighted by atomic mass is 79.9. The average Bonchev–Trinajstić information content (AvgIpc) is 2.33. The number of rotatable bonds is 3. The molecule has 0 aliphatic heterocycles. The zero-order chi connectivity index (χ0) is 14.9. The highest BCUT2D eigenvalue weighted by Gasteiger charge is 2.18. The average molecular weight is 358 g/mol. The molecule has 0 aliphatic rings. The van der Waals surface area contributed by atoms with Crippen molar-refractivity contribution < 1.29 is 12.8 Å². The molecule has 20 heavy (non-hydrogen) atoms. The zero-order valence-electron chi connectivity index (χ0n) is 10.9. The van der Waals surface area contributed by atoms with Gasteiger partial charge < -0.3 is 0 Å². The van der Waals surface area contributed by atoms with E-state index in [0.29, 0.717) is 11.3 Å². The van der Waals surface area contributed by atoms with Crippen molar-refractivity contribution in [2.45, 2.75) is 18.7 Å². The summed E-state index contributed by atoms with van der Waals surface area (Å²) in [5.41, 5.74) is 1.66. The smallest absolute Gasteiger partial charge is 0.262 e. The first-order valence-corrected chi connectivity index (χ1v) is 8.12. The van der Waals surface area contributed by atoms with Crippen molar-refractivity contribution in [2.75, 3.05) is 4.72 Å². The number of hydrogen-bond acceptors (Lipinski definition) is 2. The van der Waals surface area contributed by atoms with Crippen LogP contribution in [0.25, 0.3) is 0 Å². The number of sulfonamides is 1. The molecule has 0 spiro atoms. The Balaban J connectivity index is 2.43. The lowest BCUT2D eigenvalue weighted by Crippen LogP contribution is -2.15. The third kappa shape index (κ3) is 3.19. The Morgan fingerprint density at radius 1 is 1.05 bits per heavy atom. The summed E-state index contributed by atoms with van der Waals surface area (Å²) in [5.74, 6) is -0.458. The first kappa shape index (κ1) is 15.0. The molecule has 0 aliphatic carbocycles. The number of benzene rings is 2. The molecule has 0 aromatic heterocycles. The maximum absolute atomic E-state index is 13.1. The van der Waals surface area contributed by atoms with Crippen LogP contribution in [0.4, 0.5) is 10.1 Å². The minimum atomic E-state index is -3.74. The van der Waals surface area contributed by atoms with Gasteiger partial charge in [-0.05, 0) is 55.3 Å². The van der Waals surface area contributed by atoms with Crippen LogP contribution in [0.2, 0.25) is 0 Å². The molecule has 0 saturated heterocycles. The molecule has 0 heterocycles. The second kappa shape index (κ2) is 5.54. The Labute approximate surface area is 126 Å². The first-order valence-electron chi connectivity index (χ1n) is 5.85. The van der Waals surface area contributed by atoms with Gasteiger partial charge in [0.25, 0.3) is 10.0 Å². The van der Waals surface area contributed by atoms with Gasteiger partial charge in [0.1, 0.15) is 5.82 Å². The molecule has 1 N–H and O–H groups in total. The van der Waals surface area contributed by atoms with Gasteiger partial charge in [-0.3, -0.25) is 4.72 Å². The SMILES string of the molecule is Cc1ccc(Br)cc1NS(=O)(=O)c1ccc(F)cc1C. The third-order valence-corrected chi connectivity index (χ3v) is 4.89. The highest BCUT2D eigenvalue weighted by Crippen LogP contribution is 2.25. The molecule has 0 saturated carbocycles. The molecule has 0 unspecified atom stereocenters. The summed E-state index contributed by atoms with van der Waals surface area (Å²) >= 11 is 3.30.